The molecule has 0 bridgehead atoms. The normalized spacial score (nSPS) is 20.7. The van der Waals surface area contributed by atoms with Gasteiger partial charge in [-0.3, -0.25) is 0 Å². The first-order chi connectivity index (χ1) is 9.61. The summed E-state index contributed by atoms with van der Waals surface area (Å²) in [6, 6.07) is 2.88. The SMILES string of the molecule is COc1cc(F)c(Br)cc1C(O)CCC1CCCCO1. The minimum absolute atomic E-state index is 0.230. The van der Waals surface area contributed by atoms with Crippen LogP contribution < -0.4 is 4.74 Å². The highest BCUT2D eigenvalue weighted by Crippen LogP contribution is 2.33. The molecular formula is C15H20BrFO3. The summed E-state index contributed by atoms with van der Waals surface area (Å²) in [7, 11) is 1.48. The predicted octanol–water partition coefficient (Wildman–Crippen LogP) is 3.98. The maximum Gasteiger partial charge on any atom is 0.141 e. The lowest BCUT2D eigenvalue weighted by atomic mass is 9.98. The van der Waals surface area contributed by atoms with Crippen LogP contribution in [-0.2, 0) is 4.74 Å². The molecule has 0 radical (unpaired) electrons. The van der Waals surface area contributed by atoms with Gasteiger partial charge in [0, 0.05) is 18.2 Å². The molecule has 3 nitrogen and oxygen atoms in total. The minimum atomic E-state index is -0.674. The second-order valence-corrected chi connectivity index (χ2v) is 5.94. The number of hydrogen-bond acceptors (Lipinski definition) is 3. The van der Waals surface area contributed by atoms with E-state index in [0.29, 0.717) is 22.2 Å². The molecule has 0 saturated carbocycles. The third kappa shape index (κ3) is 3.93. The van der Waals surface area contributed by atoms with E-state index < -0.39 is 11.9 Å². The topological polar surface area (TPSA) is 38.7 Å². The number of benzene rings is 1. The quantitative estimate of drug-likeness (QED) is 0.876. The Morgan fingerprint density at radius 3 is 2.95 bits per heavy atom. The van der Waals surface area contributed by atoms with Crippen LogP contribution >= 0.6 is 15.9 Å². The number of aliphatic hydroxyl groups is 1. The molecule has 0 aromatic heterocycles. The maximum atomic E-state index is 13.5. The van der Waals surface area contributed by atoms with E-state index in [1.165, 1.54) is 19.6 Å². The van der Waals surface area contributed by atoms with Gasteiger partial charge in [0.1, 0.15) is 11.6 Å². The maximum absolute atomic E-state index is 13.5. The van der Waals surface area contributed by atoms with Crippen molar-refractivity contribution in [2.45, 2.75) is 44.3 Å². The van der Waals surface area contributed by atoms with Crippen LogP contribution in [0.2, 0.25) is 0 Å². The molecule has 0 aliphatic carbocycles. The number of halogens is 2. The number of hydrogen-bond donors (Lipinski definition) is 1. The largest absolute Gasteiger partial charge is 0.496 e. The van der Waals surface area contributed by atoms with Gasteiger partial charge < -0.3 is 14.6 Å². The van der Waals surface area contributed by atoms with Gasteiger partial charge in [-0.05, 0) is 54.1 Å². The number of methoxy groups -OCH3 is 1. The summed E-state index contributed by atoms with van der Waals surface area (Å²) < 4.78 is 24.6. The lowest BCUT2D eigenvalue weighted by Gasteiger charge is -2.24. The molecule has 1 aromatic carbocycles. The Kier molecular flexibility index (Phi) is 5.81. The van der Waals surface area contributed by atoms with Gasteiger partial charge in [0.25, 0.3) is 0 Å². The van der Waals surface area contributed by atoms with Crippen LogP contribution in [-0.4, -0.2) is 24.9 Å². The fourth-order valence-corrected chi connectivity index (χ4v) is 2.88. The highest BCUT2D eigenvalue weighted by atomic mass is 79.9. The van der Waals surface area contributed by atoms with Crippen molar-refractivity contribution < 1.29 is 19.0 Å². The average Bonchev–Trinajstić information content (AvgIpc) is 2.48. The summed E-state index contributed by atoms with van der Waals surface area (Å²) >= 11 is 3.14. The molecule has 1 saturated heterocycles. The monoisotopic (exact) mass is 346 g/mol. The molecule has 112 valence electrons. The summed E-state index contributed by atoms with van der Waals surface area (Å²) in [4.78, 5) is 0. The average molecular weight is 347 g/mol. The molecule has 2 atom stereocenters. The van der Waals surface area contributed by atoms with Crippen molar-refractivity contribution >= 4 is 15.9 Å². The Morgan fingerprint density at radius 1 is 1.50 bits per heavy atom. The van der Waals surface area contributed by atoms with Crippen LogP contribution in [0.25, 0.3) is 0 Å². The Balaban J connectivity index is 2.00. The van der Waals surface area contributed by atoms with Crippen molar-refractivity contribution in [3.05, 3.63) is 28.0 Å². The number of aliphatic hydroxyl groups excluding tert-OH is 1. The van der Waals surface area contributed by atoms with Crippen molar-refractivity contribution in [3.8, 4) is 5.75 Å². The third-order valence-corrected chi connectivity index (χ3v) is 4.28. The smallest absolute Gasteiger partial charge is 0.141 e. The van der Waals surface area contributed by atoms with Gasteiger partial charge in [-0.25, -0.2) is 4.39 Å². The predicted molar refractivity (Wildman–Crippen MR) is 78.4 cm³/mol. The van der Waals surface area contributed by atoms with Gasteiger partial charge >= 0.3 is 0 Å². The van der Waals surface area contributed by atoms with Crippen LogP contribution in [0.3, 0.4) is 0 Å². The first kappa shape index (κ1) is 15.7. The molecule has 1 aromatic rings. The van der Waals surface area contributed by atoms with Crippen LogP contribution in [0.1, 0.15) is 43.8 Å². The molecular weight excluding hydrogens is 327 g/mol. The van der Waals surface area contributed by atoms with E-state index in [2.05, 4.69) is 15.9 Å². The summed E-state index contributed by atoms with van der Waals surface area (Å²) in [6.45, 7) is 0.812. The molecule has 2 rings (SSSR count). The number of rotatable bonds is 5. The Labute approximate surface area is 127 Å². The minimum Gasteiger partial charge on any atom is -0.496 e. The van der Waals surface area contributed by atoms with Crippen LogP contribution in [0, 0.1) is 5.82 Å². The van der Waals surface area contributed by atoms with E-state index in [4.69, 9.17) is 9.47 Å². The molecule has 20 heavy (non-hydrogen) atoms. The van der Waals surface area contributed by atoms with Gasteiger partial charge in [0.2, 0.25) is 0 Å². The lowest BCUT2D eigenvalue weighted by Crippen LogP contribution is -2.19. The van der Waals surface area contributed by atoms with Crippen LogP contribution in [0.4, 0.5) is 4.39 Å². The summed E-state index contributed by atoms with van der Waals surface area (Å²) in [5.41, 5.74) is 0.608. The molecule has 1 aliphatic rings. The molecule has 1 heterocycles. The second-order valence-electron chi connectivity index (χ2n) is 5.09. The standard InChI is InChI=1S/C15H20BrFO3/c1-19-15-9-13(17)12(16)8-11(15)14(18)6-5-10-4-2-3-7-20-10/h8-10,14,18H,2-7H2,1H3. The Bertz CT molecular complexity index is 447. The Morgan fingerprint density at radius 2 is 2.30 bits per heavy atom. The summed E-state index contributed by atoms with van der Waals surface area (Å²) in [6.07, 6.45) is 4.31. The van der Waals surface area contributed by atoms with E-state index >= 15 is 0 Å². The van der Waals surface area contributed by atoms with E-state index in [9.17, 15) is 9.50 Å². The highest BCUT2D eigenvalue weighted by molar-refractivity contribution is 9.10. The first-order valence-corrected chi connectivity index (χ1v) is 7.73. The van der Waals surface area contributed by atoms with Crippen molar-refractivity contribution in [1.29, 1.82) is 0 Å². The highest BCUT2D eigenvalue weighted by Gasteiger charge is 2.20. The van der Waals surface area contributed by atoms with Crippen molar-refractivity contribution in [2.75, 3.05) is 13.7 Å². The Hall–Kier alpha value is -0.650. The van der Waals surface area contributed by atoms with Crippen LogP contribution in [0.5, 0.6) is 5.75 Å². The van der Waals surface area contributed by atoms with Crippen molar-refractivity contribution in [2.24, 2.45) is 0 Å². The fourth-order valence-electron chi connectivity index (χ4n) is 2.52. The molecule has 0 spiro atoms. The van der Waals surface area contributed by atoms with Crippen LogP contribution in [0.15, 0.2) is 16.6 Å². The van der Waals surface area contributed by atoms with Gasteiger partial charge in [-0.15, -0.1) is 0 Å². The van der Waals surface area contributed by atoms with E-state index in [1.54, 1.807) is 6.07 Å². The van der Waals surface area contributed by atoms with E-state index in [-0.39, 0.29) is 6.10 Å². The first-order valence-electron chi connectivity index (χ1n) is 6.94. The molecule has 1 aliphatic heterocycles. The fraction of sp³-hybridized carbons (Fsp3) is 0.600. The van der Waals surface area contributed by atoms with Gasteiger partial charge in [-0.2, -0.15) is 0 Å². The van der Waals surface area contributed by atoms with Gasteiger partial charge in [-0.1, -0.05) is 0 Å². The number of ether oxygens (including phenoxy) is 2. The lowest BCUT2D eigenvalue weighted by molar-refractivity contribution is 0.00197. The third-order valence-electron chi connectivity index (χ3n) is 3.67. The van der Waals surface area contributed by atoms with Gasteiger partial charge in [0.15, 0.2) is 0 Å². The summed E-state index contributed by atoms with van der Waals surface area (Å²) in [5, 5.41) is 10.3. The van der Waals surface area contributed by atoms with Crippen molar-refractivity contribution in [1.82, 2.24) is 0 Å². The zero-order chi connectivity index (χ0) is 14.5. The second kappa shape index (κ2) is 7.38. The molecule has 5 heteroatoms. The van der Waals surface area contributed by atoms with E-state index in [0.717, 1.165) is 25.9 Å². The zero-order valence-electron chi connectivity index (χ0n) is 11.6. The van der Waals surface area contributed by atoms with E-state index in [1.807, 2.05) is 0 Å². The summed E-state index contributed by atoms with van der Waals surface area (Å²) in [5.74, 6) is -0.0174. The molecule has 0 amide bonds. The molecule has 1 fully saturated rings. The molecule has 2 unspecified atom stereocenters. The zero-order valence-corrected chi connectivity index (χ0v) is 13.2. The molecule has 1 N–H and O–H groups in total. The van der Waals surface area contributed by atoms with Gasteiger partial charge in [0.05, 0.1) is 23.8 Å². The van der Waals surface area contributed by atoms with Crippen molar-refractivity contribution in [3.63, 3.8) is 0 Å².